The van der Waals surface area contributed by atoms with Gasteiger partial charge in [-0.3, -0.25) is 4.98 Å². The summed E-state index contributed by atoms with van der Waals surface area (Å²) >= 11 is 0. The summed E-state index contributed by atoms with van der Waals surface area (Å²) in [4.78, 5) is 20.0. The number of benzene rings is 7. The maximum absolute atomic E-state index is 6.20. The van der Waals surface area contributed by atoms with Crippen LogP contribution in [0.25, 0.3) is 99.7 Å². The maximum atomic E-state index is 6.20. The molecule has 0 aliphatic carbocycles. The normalized spacial score (nSPS) is 11.7. The van der Waals surface area contributed by atoms with Crippen LogP contribution in [0.3, 0.4) is 0 Å². The highest BCUT2D eigenvalue weighted by atomic mass is 16.3. The lowest BCUT2D eigenvalue weighted by Gasteiger charge is -2.11. The van der Waals surface area contributed by atoms with E-state index < -0.39 is 0 Å². The molecule has 3 aromatic heterocycles. The van der Waals surface area contributed by atoms with E-state index in [0.29, 0.717) is 17.5 Å². The van der Waals surface area contributed by atoms with Crippen LogP contribution in [0.5, 0.6) is 0 Å². The molecule has 0 saturated heterocycles. The Morgan fingerprint density at radius 2 is 1.04 bits per heavy atom. The average Bonchev–Trinajstić information content (AvgIpc) is 3.57. The van der Waals surface area contributed by atoms with Crippen LogP contribution in [-0.4, -0.2) is 19.9 Å². The second-order valence-corrected chi connectivity index (χ2v) is 12.3. The van der Waals surface area contributed by atoms with Gasteiger partial charge in [0.25, 0.3) is 0 Å². The SMILES string of the molecule is c1ccc(-c2nc(-c3cccc(-c4cccc5oc6ccccc6c45)c3)nc(-c3ccc4ccc5c6ccccc6ncc5c4c3)n2)cc1. The zero-order valence-corrected chi connectivity index (χ0v) is 26.2. The van der Waals surface area contributed by atoms with Crippen molar-refractivity contribution in [3.8, 4) is 45.3 Å². The van der Waals surface area contributed by atoms with Crippen LogP contribution in [0.15, 0.2) is 162 Å². The predicted molar refractivity (Wildman–Crippen MR) is 199 cm³/mol. The molecule has 5 heteroatoms. The largest absolute Gasteiger partial charge is 0.456 e. The molecular weight excluding hydrogens is 601 g/mol. The molecule has 5 nitrogen and oxygen atoms in total. The summed E-state index contributed by atoms with van der Waals surface area (Å²) in [6.45, 7) is 0. The number of para-hydroxylation sites is 2. The summed E-state index contributed by atoms with van der Waals surface area (Å²) in [7, 11) is 0. The topological polar surface area (TPSA) is 64.7 Å². The average molecular weight is 627 g/mol. The number of rotatable bonds is 4. The van der Waals surface area contributed by atoms with Crippen molar-refractivity contribution in [2.24, 2.45) is 0 Å². The van der Waals surface area contributed by atoms with Crippen LogP contribution < -0.4 is 0 Å². The molecule has 228 valence electrons. The zero-order valence-electron chi connectivity index (χ0n) is 26.2. The van der Waals surface area contributed by atoms with Crippen LogP contribution >= 0.6 is 0 Å². The smallest absolute Gasteiger partial charge is 0.164 e. The number of pyridine rings is 1. The van der Waals surface area contributed by atoms with E-state index in [1.807, 2.05) is 66.9 Å². The first kappa shape index (κ1) is 27.4. The number of nitrogens with zero attached hydrogens (tertiary/aromatic N) is 4. The van der Waals surface area contributed by atoms with Crippen LogP contribution in [0.4, 0.5) is 0 Å². The van der Waals surface area contributed by atoms with Gasteiger partial charge in [-0.05, 0) is 57.6 Å². The number of aromatic nitrogens is 4. The van der Waals surface area contributed by atoms with Crippen molar-refractivity contribution >= 4 is 54.4 Å². The second-order valence-electron chi connectivity index (χ2n) is 12.3. The molecule has 0 fully saturated rings. The van der Waals surface area contributed by atoms with Crippen molar-refractivity contribution < 1.29 is 4.42 Å². The molecule has 0 aliphatic rings. The number of fused-ring (bicyclic) bond motifs is 8. The summed E-state index contributed by atoms with van der Waals surface area (Å²) in [5.74, 6) is 1.85. The first-order valence-corrected chi connectivity index (χ1v) is 16.3. The minimum absolute atomic E-state index is 0.612. The van der Waals surface area contributed by atoms with E-state index in [9.17, 15) is 0 Å². The molecule has 0 aliphatic heterocycles. The van der Waals surface area contributed by atoms with Gasteiger partial charge in [0.1, 0.15) is 11.2 Å². The summed E-state index contributed by atoms with van der Waals surface area (Å²) in [5, 5.41) is 7.86. The lowest BCUT2D eigenvalue weighted by atomic mass is 9.97. The van der Waals surface area contributed by atoms with Gasteiger partial charge in [0, 0.05) is 44.4 Å². The maximum Gasteiger partial charge on any atom is 0.164 e. The molecule has 0 radical (unpaired) electrons. The Hall–Kier alpha value is -6.72. The van der Waals surface area contributed by atoms with Gasteiger partial charge in [-0.2, -0.15) is 0 Å². The fraction of sp³-hybridized carbons (Fsp3) is 0. The first-order valence-electron chi connectivity index (χ1n) is 16.3. The van der Waals surface area contributed by atoms with Crippen molar-refractivity contribution in [3.63, 3.8) is 0 Å². The Balaban J connectivity index is 1.16. The van der Waals surface area contributed by atoms with E-state index in [2.05, 4.69) is 91.0 Å². The van der Waals surface area contributed by atoms with E-state index in [-0.39, 0.29) is 0 Å². The van der Waals surface area contributed by atoms with Crippen molar-refractivity contribution in [2.75, 3.05) is 0 Å². The molecule has 7 aromatic carbocycles. The molecule has 0 unspecified atom stereocenters. The third kappa shape index (κ3) is 4.55. The van der Waals surface area contributed by atoms with Gasteiger partial charge in [-0.1, -0.05) is 121 Å². The summed E-state index contributed by atoms with van der Waals surface area (Å²) in [6.07, 6.45) is 1.98. The molecule has 0 amide bonds. The third-order valence-electron chi connectivity index (χ3n) is 9.35. The van der Waals surface area contributed by atoms with Crippen LogP contribution in [0, 0.1) is 0 Å². The van der Waals surface area contributed by atoms with Gasteiger partial charge in [0.2, 0.25) is 0 Å². The molecule has 0 bridgehead atoms. The Morgan fingerprint density at radius 1 is 0.388 bits per heavy atom. The van der Waals surface area contributed by atoms with Crippen molar-refractivity contribution in [1.29, 1.82) is 0 Å². The van der Waals surface area contributed by atoms with Crippen LogP contribution in [0.2, 0.25) is 0 Å². The summed E-state index contributed by atoms with van der Waals surface area (Å²) < 4.78 is 6.20. The van der Waals surface area contributed by atoms with E-state index in [4.69, 9.17) is 24.4 Å². The van der Waals surface area contributed by atoms with Gasteiger partial charge < -0.3 is 4.42 Å². The van der Waals surface area contributed by atoms with Crippen LogP contribution in [0.1, 0.15) is 0 Å². The molecule has 0 saturated carbocycles. The van der Waals surface area contributed by atoms with Crippen molar-refractivity contribution in [1.82, 2.24) is 19.9 Å². The van der Waals surface area contributed by atoms with Crippen molar-refractivity contribution in [2.45, 2.75) is 0 Å². The lowest BCUT2D eigenvalue weighted by molar-refractivity contribution is 0.669. The zero-order chi connectivity index (χ0) is 32.3. The molecule has 0 N–H and O–H groups in total. The Morgan fingerprint density at radius 3 is 1.92 bits per heavy atom. The van der Waals surface area contributed by atoms with Gasteiger partial charge in [0.05, 0.1) is 5.52 Å². The molecule has 3 heterocycles. The highest BCUT2D eigenvalue weighted by molar-refractivity contribution is 6.16. The Kier molecular flexibility index (Phi) is 6.11. The predicted octanol–water partition coefficient (Wildman–Crippen LogP) is 11.3. The summed E-state index contributed by atoms with van der Waals surface area (Å²) in [6, 6.07) is 52.0. The van der Waals surface area contributed by atoms with E-state index in [1.165, 1.54) is 5.39 Å². The number of hydrogen-bond acceptors (Lipinski definition) is 5. The fourth-order valence-corrected chi connectivity index (χ4v) is 7.00. The molecule has 49 heavy (non-hydrogen) atoms. The van der Waals surface area contributed by atoms with E-state index in [1.54, 1.807) is 0 Å². The molecular formula is C44H26N4O. The minimum atomic E-state index is 0.612. The number of hydrogen-bond donors (Lipinski definition) is 0. The fourth-order valence-electron chi connectivity index (χ4n) is 7.00. The number of furan rings is 1. The molecule has 0 spiro atoms. The molecule has 10 rings (SSSR count). The van der Waals surface area contributed by atoms with Gasteiger partial charge in [-0.15, -0.1) is 0 Å². The van der Waals surface area contributed by atoms with Gasteiger partial charge in [-0.25, -0.2) is 15.0 Å². The third-order valence-corrected chi connectivity index (χ3v) is 9.35. The van der Waals surface area contributed by atoms with E-state index in [0.717, 1.165) is 76.8 Å². The highest BCUT2D eigenvalue weighted by Gasteiger charge is 2.16. The lowest BCUT2D eigenvalue weighted by Crippen LogP contribution is -2.00. The standard InChI is InChI=1S/C44H26N4O/c1-2-10-28(11-3-1)42-46-43(30-13-8-12-29(24-30)32-16-9-19-40-41(32)35-15-5-7-18-39(35)49-40)48-44(47-42)31-21-20-27-22-23-33-34-14-4-6-17-38(34)45-26-37(33)36(27)25-31/h1-26H. The second kappa shape index (κ2) is 10.9. The highest BCUT2D eigenvalue weighted by Crippen LogP contribution is 2.38. The first-order chi connectivity index (χ1) is 24.3. The minimum Gasteiger partial charge on any atom is -0.456 e. The Labute approximate surface area is 281 Å². The quantitative estimate of drug-likeness (QED) is 0.182. The van der Waals surface area contributed by atoms with Gasteiger partial charge >= 0.3 is 0 Å². The van der Waals surface area contributed by atoms with Crippen LogP contribution in [-0.2, 0) is 0 Å². The van der Waals surface area contributed by atoms with E-state index >= 15 is 0 Å². The molecule has 0 atom stereocenters. The molecule has 10 aromatic rings. The van der Waals surface area contributed by atoms with Gasteiger partial charge in [0.15, 0.2) is 17.5 Å². The summed E-state index contributed by atoms with van der Waals surface area (Å²) in [5.41, 5.74) is 7.65. The monoisotopic (exact) mass is 626 g/mol. The Bertz CT molecular complexity index is 2890. The van der Waals surface area contributed by atoms with Crippen molar-refractivity contribution in [3.05, 3.63) is 158 Å².